The van der Waals surface area contributed by atoms with Gasteiger partial charge in [-0.05, 0) is 31.2 Å². The van der Waals surface area contributed by atoms with Crippen LogP contribution in [0.4, 0.5) is 0 Å². The third kappa shape index (κ3) is 3.11. The lowest BCUT2D eigenvalue weighted by molar-refractivity contribution is -0.171. The summed E-state index contributed by atoms with van der Waals surface area (Å²) in [7, 11) is -1.94. The van der Waals surface area contributed by atoms with Crippen LogP contribution in [-0.2, 0) is 29.1 Å². The molecule has 0 aliphatic carbocycles. The maximum atomic E-state index is 13.5. The van der Waals surface area contributed by atoms with Gasteiger partial charge in [0.2, 0.25) is 0 Å². The molecule has 3 rings (SSSR count). The van der Waals surface area contributed by atoms with Crippen molar-refractivity contribution < 1.29 is 31.9 Å². The van der Waals surface area contributed by atoms with Crippen LogP contribution in [0.2, 0.25) is 0 Å². The van der Waals surface area contributed by atoms with Crippen LogP contribution in [-0.4, -0.2) is 38.9 Å². The van der Waals surface area contributed by atoms with E-state index < -0.39 is 33.4 Å². The van der Waals surface area contributed by atoms with Crippen LogP contribution in [0.15, 0.2) is 64.2 Å². The van der Waals surface area contributed by atoms with E-state index in [4.69, 9.17) is 13.9 Å². The molecule has 1 aromatic heterocycles. The van der Waals surface area contributed by atoms with Gasteiger partial charge in [0.05, 0.1) is 25.4 Å². The number of carbonyl (C=O) groups is 2. The molecule has 29 heavy (non-hydrogen) atoms. The summed E-state index contributed by atoms with van der Waals surface area (Å²) in [6.07, 6.45) is 1.02. The van der Waals surface area contributed by atoms with E-state index in [0.29, 0.717) is 0 Å². The van der Waals surface area contributed by atoms with E-state index in [1.165, 1.54) is 30.5 Å². The van der Waals surface area contributed by atoms with Crippen molar-refractivity contribution in [2.75, 3.05) is 14.2 Å². The molecule has 1 aliphatic rings. The number of ether oxygens (including phenoxy) is 2. The van der Waals surface area contributed by atoms with Crippen LogP contribution in [0, 0.1) is 12.3 Å². The van der Waals surface area contributed by atoms with E-state index in [9.17, 15) is 18.0 Å². The zero-order valence-corrected chi connectivity index (χ0v) is 17.1. The Labute approximate surface area is 168 Å². The minimum atomic E-state index is -4.18. The lowest BCUT2D eigenvalue weighted by atomic mass is 9.79. The van der Waals surface area contributed by atoms with E-state index in [1.54, 1.807) is 12.1 Å². The molecule has 0 amide bonds. The number of furan rings is 1. The number of sulfonamides is 1. The highest BCUT2D eigenvalue weighted by Gasteiger charge is 2.65. The molecular weight excluding hydrogens is 398 g/mol. The first kappa shape index (κ1) is 20.7. The molecular formula is C20H21NO7S. The summed E-state index contributed by atoms with van der Waals surface area (Å²) in [5.41, 5.74) is -1.07. The van der Waals surface area contributed by atoms with Gasteiger partial charge < -0.3 is 13.9 Å². The summed E-state index contributed by atoms with van der Waals surface area (Å²) in [5, 5.41) is 0. The fraction of sp³-hybridized carbons (Fsp3) is 0.300. The van der Waals surface area contributed by atoms with Gasteiger partial charge in [-0.3, -0.25) is 13.9 Å². The first-order chi connectivity index (χ1) is 13.7. The Balaban J connectivity index is 2.26. The maximum absolute atomic E-state index is 13.5. The second-order valence-corrected chi connectivity index (χ2v) is 8.54. The Morgan fingerprint density at radius 1 is 1.14 bits per heavy atom. The predicted octanol–water partition coefficient (Wildman–Crippen LogP) is 2.57. The highest BCUT2D eigenvalue weighted by atomic mass is 32.2. The molecule has 1 atom stereocenters. The molecule has 0 spiro atoms. The fourth-order valence-corrected chi connectivity index (χ4v) is 5.31. The van der Waals surface area contributed by atoms with Gasteiger partial charge in [-0.2, -0.15) is 0 Å². The molecule has 1 aliphatic heterocycles. The first-order valence-electron chi connectivity index (χ1n) is 8.69. The largest absolute Gasteiger partial charge is 0.468 e. The van der Waals surface area contributed by atoms with Crippen molar-refractivity contribution in [1.29, 1.82) is 0 Å². The Bertz CT molecular complexity index is 1020. The molecule has 154 valence electrons. The van der Waals surface area contributed by atoms with Crippen LogP contribution in [0.3, 0.4) is 0 Å². The number of carbonyl (C=O) groups excluding carboxylic acids is 2. The predicted molar refractivity (Wildman–Crippen MR) is 102 cm³/mol. The molecule has 1 unspecified atom stereocenters. The minimum Gasteiger partial charge on any atom is -0.468 e. The average Bonchev–Trinajstić information content (AvgIpc) is 3.33. The van der Waals surface area contributed by atoms with Crippen molar-refractivity contribution in [3.8, 4) is 0 Å². The summed E-state index contributed by atoms with van der Waals surface area (Å²) >= 11 is 0. The Kier molecular flexibility index (Phi) is 5.27. The Hall–Kier alpha value is -3.07. The maximum Gasteiger partial charge on any atom is 0.326 e. The Morgan fingerprint density at radius 2 is 1.72 bits per heavy atom. The van der Waals surface area contributed by atoms with Gasteiger partial charge in [-0.15, -0.1) is 0 Å². The molecule has 1 fully saturated rings. The van der Waals surface area contributed by atoms with E-state index >= 15 is 0 Å². The molecule has 9 heteroatoms. The highest BCUT2D eigenvalue weighted by Crippen LogP contribution is 2.55. The smallest absolute Gasteiger partial charge is 0.326 e. The highest BCUT2D eigenvalue weighted by molar-refractivity contribution is 7.89. The van der Waals surface area contributed by atoms with Crippen LogP contribution in [0.25, 0.3) is 0 Å². The van der Waals surface area contributed by atoms with Gasteiger partial charge in [0.15, 0.2) is 5.41 Å². The molecule has 2 heterocycles. The van der Waals surface area contributed by atoms with Crippen molar-refractivity contribution in [3.63, 3.8) is 0 Å². The Morgan fingerprint density at radius 3 is 2.21 bits per heavy atom. The SMILES string of the molecule is C=C1CC(C(=O)OC)(C(=O)OC)C(c2ccco2)N1S(=O)(=O)c1ccc(C)cc1. The summed E-state index contributed by atoms with van der Waals surface area (Å²) in [4.78, 5) is 25.6. The number of esters is 2. The monoisotopic (exact) mass is 419 g/mol. The number of benzene rings is 1. The van der Waals surface area contributed by atoms with Crippen LogP contribution >= 0.6 is 0 Å². The normalized spacial score (nSPS) is 18.5. The summed E-state index contributed by atoms with van der Waals surface area (Å²) in [6.45, 7) is 5.65. The van der Waals surface area contributed by atoms with Crippen molar-refractivity contribution >= 4 is 22.0 Å². The van der Waals surface area contributed by atoms with Crippen LogP contribution in [0.1, 0.15) is 23.8 Å². The third-order valence-electron chi connectivity index (χ3n) is 4.99. The molecule has 1 aromatic carbocycles. The average molecular weight is 419 g/mol. The minimum absolute atomic E-state index is 0.00802. The van der Waals surface area contributed by atoms with Crippen molar-refractivity contribution in [2.45, 2.75) is 24.3 Å². The first-order valence-corrected chi connectivity index (χ1v) is 10.1. The van der Waals surface area contributed by atoms with Crippen molar-refractivity contribution in [3.05, 3.63) is 66.3 Å². The number of hydrogen-bond acceptors (Lipinski definition) is 7. The summed E-state index contributed by atoms with van der Waals surface area (Å²) in [6, 6.07) is 7.88. The number of methoxy groups -OCH3 is 2. The van der Waals surface area contributed by atoms with Gasteiger partial charge in [0, 0.05) is 12.1 Å². The molecule has 0 bridgehead atoms. The third-order valence-corrected chi connectivity index (χ3v) is 6.84. The van der Waals surface area contributed by atoms with Crippen LogP contribution in [0.5, 0.6) is 0 Å². The molecule has 0 N–H and O–H groups in total. The van der Waals surface area contributed by atoms with Crippen molar-refractivity contribution in [1.82, 2.24) is 4.31 Å². The van der Waals surface area contributed by atoms with E-state index in [-0.39, 0.29) is 22.8 Å². The summed E-state index contributed by atoms with van der Waals surface area (Å²) in [5.74, 6) is -1.78. The topological polar surface area (TPSA) is 103 Å². The second kappa shape index (κ2) is 7.40. The quantitative estimate of drug-likeness (QED) is 0.542. The standard InChI is InChI=1S/C20H21NO7S/c1-13-7-9-15(10-8-13)29(24,25)21-14(2)12-20(18(22)26-3,19(23)27-4)17(21)16-6-5-11-28-16/h5-11,17H,2,12H2,1,3-4H3. The second-order valence-electron chi connectivity index (χ2n) is 6.73. The summed E-state index contributed by atoms with van der Waals surface area (Å²) < 4.78 is 43.1. The van der Waals surface area contributed by atoms with Gasteiger partial charge in [-0.25, -0.2) is 8.42 Å². The van der Waals surface area contributed by atoms with Gasteiger partial charge in [-0.1, -0.05) is 24.3 Å². The van der Waals surface area contributed by atoms with Crippen LogP contribution < -0.4 is 0 Å². The molecule has 1 saturated heterocycles. The van der Waals surface area contributed by atoms with Crippen molar-refractivity contribution in [2.24, 2.45) is 5.41 Å². The van der Waals surface area contributed by atoms with Gasteiger partial charge in [0.1, 0.15) is 11.8 Å². The fourth-order valence-electron chi connectivity index (χ4n) is 3.63. The number of nitrogens with zero attached hydrogens (tertiary/aromatic N) is 1. The van der Waals surface area contributed by atoms with Gasteiger partial charge >= 0.3 is 11.9 Å². The molecule has 8 nitrogen and oxygen atoms in total. The zero-order valence-electron chi connectivity index (χ0n) is 16.2. The number of allylic oxidation sites excluding steroid dienone is 1. The lowest BCUT2D eigenvalue weighted by Crippen LogP contribution is -2.46. The lowest BCUT2D eigenvalue weighted by Gasteiger charge is -2.32. The van der Waals surface area contributed by atoms with Gasteiger partial charge in [0.25, 0.3) is 10.0 Å². The molecule has 2 aromatic rings. The zero-order chi connectivity index (χ0) is 21.4. The number of aryl methyl sites for hydroxylation is 1. The molecule has 0 radical (unpaired) electrons. The van der Waals surface area contributed by atoms with E-state index in [1.807, 2.05) is 6.92 Å². The van der Waals surface area contributed by atoms with E-state index in [0.717, 1.165) is 24.1 Å². The number of hydrogen-bond donors (Lipinski definition) is 0. The number of rotatable bonds is 5. The van der Waals surface area contributed by atoms with E-state index in [2.05, 4.69) is 6.58 Å². The molecule has 0 saturated carbocycles.